The summed E-state index contributed by atoms with van der Waals surface area (Å²) in [5, 5.41) is 3.51. The minimum Gasteiger partial charge on any atom is -0.308 e. The topological polar surface area (TPSA) is 12.0 Å². The quantitative estimate of drug-likeness (QED) is 0.855. The normalized spacial score (nSPS) is 11.8. The van der Waals surface area contributed by atoms with Gasteiger partial charge in [-0.15, -0.1) is 11.3 Å². The lowest BCUT2D eigenvalue weighted by atomic mass is 9.95. The lowest BCUT2D eigenvalue weighted by Crippen LogP contribution is -2.11. The van der Waals surface area contributed by atoms with Crippen LogP contribution in [0.4, 0.5) is 0 Å². The van der Waals surface area contributed by atoms with Crippen LogP contribution in [0.1, 0.15) is 41.7 Å². The first-order valence-electron chi connectivity index (χ1n) is 6.80. The van der Waals surface area contributed by atoms with Crippen molar-refractivity contribution in [3.63, 3.8) is 0 Å². The Morgan fingerprint density at radius 3 is 2.21 bits per heavy atom. The Hall–Kier alpha value is -1.12. The molecule has 0 aliphatic heterocycles. The van der Waals surface area contributed by atoms with E-state index in [2.05, 4.69) is 69.4 Å². The molecule has 1 nitrogen and oxygen atoms in total. The predicted octanol–water partition coefficient (Wildman–Crippen LogP) is 4.64. The Labute approximate surface area is 120 Å². The van der Waals surface area contributed by atoms with E-state index in [1.54, 1.807) is 0 Å². The maximum Gasteiger partial charge on any atom is 0.0303 e. The van der Waals surface area contributed by atoms with E-state index in [1.807, 2.05) is 11.3 Å². The van der Waals surface area contributed by atoms with Crippen molar-refractivity contribution in [1.82, 2.24) is 5.32 Å². The molecule has 0 amide bonds. The molecule has 2 aromatic rings. The van der Waals surface area contributed by atoms with Gasteiger partial charge in [-0.3, -0.25) is 0 Å². The van der Waals surface area contributed by atoms with Gasteiger partial charge in [0.15, 0.2) is 0 Å². The summed E-state index contributed by atoms with van der Waals surface area (Å²) in [6, 6.07) is 13.2. The van der Waals surface area contributed by atoms with Gasteiger partial charge >= 0.3 is 0 Å². The first-order chi connectivity index (χ1) is 8.95. The van der Waals surface area contributed by atoms with Crippen molar-refractivity contribution in [3.05, 3.63) is 57.3 Å². The summed E-state index contributed by atoms with van der Waals surface area (Å²) in [7, 11) is 0. The van der Waals surface area contributed by atoms with E-state index in [0.29, 0.717) is 0 Å². The molecule has 102 valence electrons. The molecule has 0 spiro atoms. The van der Waals surface area contributed by atoms with Gasteiger partial charge in [0.05, 0.1) is 0 Å². The first kappa shape index (κ1) is 14.3. The smallest absolute Gasteiger partial charge is 0.0303 e. The molecule has 1 aromatic heterocycles. The summed E-state index contributed by atoms with van der Waals surface area (Å²) in [5.41, 5.74) is 2.93. The average molecular weight is 273 g/mol. The molecule has 0 radical (unpaired) electrons. The Morgan fingerprint density at radius 2 is 1.63 bits per heavy atom. The molecule has 0 aliphatic rings. The molecule has 0 unspecified atom stereocenters. The zero-order chi connectivity index (χ0) is 13.9. The van der Waals surface area contributed by atoms with Crippen molar-refractivity contribution in [2.45, 2.75) is 46.2 Å². The summed E-state index contributed by atoms with van der Waals surface area (Å²) in [5.74, 6) is 0. The number of hydrogen-bond acceptors (Lipinski definition) is 2. The highest BCUT2D eigenvalue weighted by Crippen LogP contribution is 2.29. The van der Waals surface area contributed by atoms with Crippen LogP contribution in [0.2, 0.25) is 0 Å². The van der Waals surface area contributed by atoms with Gasteiger partial charge in [0.2, 0.25) is 0 Å². The van der Waals surface area contributed by atoms with Gasteiger partial charge < -0.3 is 5.32 Å². The second-order valence-corrected chi connectivity index (χ2v) is 7.27. The van der Waals surface area contributed by atoms with Crippen molar-refractivity contribution in [3.8, 4) is 0 Å². The highest BCUT2D eigenvalue weighted by atomic mass is 32.1. The zero-order valence-electron chi connectivity index (χ0n) is 12.3. The third-order valence-electron chi connectivity index (χ3n) is 3.15. The lowest BCUT2D eigenvalue weighted by Gasteiger charge is -2.15. The van der Waals surface area contributed by atoms with E-state index in [9.17, 15) is 0 Å². The molecular weight excluding hydrogens is 250 g/mol. The molecular formula is C17H23NS. The van der Waals surface area contributed by atoms with E-state index >= 15 is 0 Å². The molecule has 0 aliphatic carbocycles. The summed E-state index contributed by atoms with van der Waals surface area (Å²) >= 11 is 1.91. The van der Waals surface area contributed by atoms with Crippen LogP contribution in [0, 0.1) is 6.92 Å². The fourth-order valence-electron chi connectivity index (χ4n) is 1.91. The predicted molar refractivity (Wildman–Crippen MR) is 84.7 cm³/mol. The summed E-state index contributed by atoms with van der Waals surface area (Å²) < 4.78 is 0. The van der Waals surface area contributed by atoms with Crippen LogP contribution in [-0.4, -0.2) is 0 Å². The molecule has 0 fully saturated rings. The van der Waals surface area contributed by atoms with Crippen LogP contribution in [0.3, 0.4) is 0 Å². The van der Waals surface area contributed by atoms with Gasteiger partial charge in [-0.2, -0.15) is 0 Å². The van der Waals surface area contributed by atoms with Gasteiger partial charge in [0, 0.05) is 22.8 Å². The molecule has 1 heterocycles. The van der Waals surface area contributed by atoms with Crippen molar-refractivity contribution >= 4 is 11.3 Å². The molecule has 0 saturated heterocycles. The van der Waals surface area contributed by atoms with Crippen LogP contribution in [0.5, 0.6) is 0 Å². The summed E-state index contributed by atoms with van der Waals surface area (Å²) in [6.45, 7) is 10.8. The molecule has 1 aromatic carbocycles. The van der Waals surface area contributed by atoms with Crippen LogP contribution in [0.15, 0.2) is 36.4 Å². The van der Waals surface area contributed by atoms with E-state index in [0.717, 1.165) is 13.1 Å². The molecule has 0 atom stereocenters. The van der Waals surface area contributed by atoms with Crippen molar-refractivity contribution in [2.24, 2.45) is 0 Å². The molecule has 2 rings (SSSR count). The standard InChI is InChI=1S/C17H23NS/c1-13-5-7-14(8-6-13)11-18-12-15-9-10-16(19-15)17(2,3)4/h5-10,18H,11-12H2,1-4H3. The maximum absolute atomic E-state index is 3.51. The van der Waals surface area contributed by atoms with Crippen LogP contribution in [-0.2, 0) is 18.5 Å². The average Bonchev–Trinajstić information content (AvgIpc) is 2.80. The fraction of sp³-hybridized carbons (Fsp3) is 0.412. The second kappa shape index (κ2) is 5.89. The third-order valence-corrected chi connectivity index (χ3v) is 4.66. The number of aryl methyl sites for hydroxylation is 1. The largest absolute Gasteiger partial charge is 0.308 e. The summed E-state index contributed by atoms with van der Waals surface area (Å²) in [6.07, 6.45) is 0. The molecule has 19 heavy (non-hydrogen) atoms. The van der Waals surface area contributed by atoms with E-state index in [4.69, 9.17) is 0 Å². The van der Waals surface area contributed by atoms with Gasteiger partial charge in [0.25, 0.3) is 0 Å². The lowest BCUT2D eigenvalue weighted by molar-refractivity contribution is 0.604. The van der Waals surface area contributed by atoms with E-state index in [1.165, 1.54) is 20.9 Å². The number of hydrogen-bond donors (Lipinski definition) is 1. The van der Waals surface area contributed by atoms with E-state index < -0.39 is 0 Å². The molecule has 2 heteroatoms. The second-order valence-electron chi connectivity index (χ2n) is 6.11. The maximum atomic E-state index is 3.51. The van der Waals surface area contributed by atoms with Crippen molar-refractivity contribution in [2.75, 3.05) is 0 Å². The SMILES string of the molecule is Cc1ccc(CNCc2ccc(C(C)(C)C)s2)cc1. The minimum absolute atomic E-state index is 0.264. The van der Waals surface area contributed by atoms with Crippen molar-refractivity contribution < 1.29 is 0 Å². The number of nitrogens with one attached hydrogen (secondary N) is 1. The van der Waals surface area contributed by atoms with Crippen molar-refractivity contribution in [1.29, 1.82) is 0 Å². The van der Waals surface area contributed by atoms with Gasteiger partial charge in [-0.1, -0.05) is 50.6 Å². The zero-order valence-corrected chi connectivity index (χ0v) is 13.1. The Bertz CT molecular complexity index is 517. The highest BCUT2D eigenvalue weighted by Gasteiger charge is 2.15. The van der Waals surface area contributed by atoms with Crippen LogP contribution in [0.25, 0.3) is 0 Å². The van der Waals surface area contributed by atoms with Gasteiger partial charge in [-0.25, -0.2) is 0 Å². The Morgan fingerprint density at radius 1 is 0.947 bits per heavy atom. The van der Waals surface area contributed by atoms with Crippen LogP contribution < -0.4 is 5.32 Å². The third kappa shape index (κ3) is 4.19. The molecule has 0 bridgehead atoms. The monoisotopic (exact) mass is 273 g/mol. The van der Waals surface area contributed by atoms with Gasteiger partial charge in [0.1, 0.15) is 0 Å². The Balaban J connectivity index is 1.86. The summed E-state index contributed by atoms with van der Waals surface area (Å²) in [4.78, 5) is 2.87. The minimum atomic E-state index is 0.264. The van der Waals surface area contributed by atoms with Gasteiger partial charge in [-0.05, 0) is 30.0 Å². The molecule has 1 N–H and O–H groups in total. The number of rotatable bonds is 4. The van der Waals surface area contributed by atoms with E-state index in [-0.39, 0.29) is 5.41 Å². The number of benzene rings is 1. The Kier molecular flexibility index (Phi) is 4.43. The molecule has 0 saturated carbocycles. The van der Waals surface area contributed by atoms with Crippen LogP contribution >= 0.6 is 11.3 Å². The number of thiophene rings is 1. The highest BCUT2D eigenvalue weighted by molar-refractivity contribution is 7.12. The fourth-order valence-corrected chi connectivity index (χ4v) is 2.95. The first-order valence-corrected chi connectivity index (χ1v) is 7.62.